The van der Waals surface area contributed by atoms with Gasteiger partial charge >= 0.3 is 0 Å². The predicted molar refractivity (Wildman–Crippen MR) is 94.1 cm³/mol. The molecule has 6 heteroatoms. The van der Waals surface area contributed by atoms with E-state index in [2.05, 4.69) is 37.3 Å². The van der Waals surface area contributed by atoms with E-state index in [0.29, 0.717) is 5.92 Å². The number of H-pyrrole nitrogens is 1. The lowest BCUT2D eigenvalue weighted by Crippen LogP contribution is -2.33. The van der Waals surface area contributed by atoms with Crippen LogP contribution in [-0.2, 0) is 13.0 Å². The maximum atomic E-state index is 5.47. The molecule has 1 unspecified atom stereocenters. The van der Waals surface area contributed by atoms with Crippen LogP contribution in [0.5, 0.6) is 0 Å². The fraction of sp³-hybridized carbons (Fsp3) is 0.526. The summed E-state index contributed by atoms with van der Waals surface area (Å²) in [5, 5.41) is 5.39. The third kappa shape index (κ3) is 3.18. The Balaban J connectivity index is 1.28. The Morgan fingerprint density at radius 2 is 2.24 bits per heavy atom. The smallest absolute Gasteiger partial charge is 0.240 e. The molecule has 0 spiro atoms. The second-order valence-electron chi connectivity index (χ2n) is 7.47. The number of nitrogens with one attached hydrogen (secondary N) is 1. The Labute approximate surface area is 146 Å². The average molecular weight is 337 g/mol. The van der Waals surface area contributed by atoms with E-state index in [1.165, 1.54) is 36.6 Å². The van der Waals surface area contributed by atoms with Gasteiger partial charge < -0.3 is 9.51 Å². The van der Waals surface area contributed by atoms with Crippen molar-refractivity contribution in [2.45, 2.75) is 44.6 Å². The Bertz CT molecular complexity index is 865. The number of aromatic nitrogens is 4. The Kier molecular flexibility index (Phi) is 3.77. The van der Waals surface area contributed by atoms with E-state index in [0.717, 1.165) is 49.3 Å². The van der Waals surface area contributed by atoms with Gasteiger partial charge in [0.25, 0.3) is 0 Å². The first-order valence-corrected chi connectivity index (χ1v) is 9.31. The fourth-order valence-corrected chi connectivity index (χ4v) is 3.98. The summed E-state index contributed by atoms with van der Waals surface area (Å²) in [6.07, 6.45) is 10.00. The second-order valence-corrected chi connectivity index (χ2v) is 7.47. The first kappa shape index (κ1) is 15.1. The van der Waals surface area contributed by atoms with Gasteiger partial charge in [0.05, 0.1) is 6.54 Å². The summed E-state index contributed by atoms with van der Waals surface area (Å²) in [5.74, 6) is 2.96. The summed E-state index contributed by atoms with van der Waals surface area (Å²) in [5.41, 5.74) is 2.36. The number of nitrogens with zero attached hydrogens (tertiary/aromatic N) is 4. The van der Waals surface area contributed by atoms with Crippen LogP contribution in [0.1, 0.15) is 48.9 Å². The normalized spacial score (nSPS) is 21.8. The maximum absolute atomic E-state index is 5.47. The highest BCUT2D eigenvalue weighted by Gasteiger charge is 2.26. The van der Waals surface area contributed by atoms with Crippen LogP contribution in [0.4, 0.5) is 0 Å². The van der Waals surface area contributed by atoms with Crippen molar-refractivity contribution < 1.29 is 4.52 Å². The molecule has 1 saturated heterocycles. The predicted octanol–water partition coefficient (Wildman–Crippen LogP) is 3.28. The monoisotopic (exact) mass is 337 g/mol. The number of piperidine rings is 1. The van der Waals surface area contributed by atoms with Crippen molar-refractivity contribution in [2.24, 2.45) is 5.92 Å². The summed E-state index contributed by atoms with van der Waals surface area (Å²) in [6.45, 7) is 2.88. The minimum absolute atomic E-state index is 0.528. The molecule has 1 aliphatic heterocycles. The van der Waals surface area contributed by atoms with Crippen LogP contribution in [0.25, 0.3) is 11.0 Å². The lowest BCUT2D eigenvalue weighted by molar-refractivity contribution is 0.177. The molecule has 25 heavy (non-hydrogen) atoms. The van der Waals surface area contributed by atoms with Crippen LogP contribution in [0, 0.1) is 5.92 Å². The quantitative estimate of drug-likeness (QED) is 0.773. The minimum atomic E-state index is 0.528. The third-order valence-electron chi connectivity index (χ3n) is 5.47. The zero-order valence-electron chi connectivity index (χ0n) is 14.3. The summed E-state index contributed by atoms with van der Waals surface area (Å²) < 4.78 is 5.47. The topological polar surface area (TPSA) is 70.8 Å². The second kappa shape index (κ2) is 6.26. The van der Waals surface area contributed by atoms with Gasteiger partial charge in [-0.05, 0) is 61.8 Å². The summed E-state index contributed by atoms with van der Waals surface area (Å²) in [7, 11) is 0. The van der Waals surface area contributed by atoms with E-state index in [-0.39, 0.29) is 0 Å². The van der Waals surface area contributed by atoms with Crippen molar-refractivity contribution in [1.82, 2.24) is 25.0 Å². The van der Waals surface area contributed by atoms with Gasteiger partial charge in [-0.25, -0.2) is 4.98 Å². The molecule has 130 valence electrons. The number of pyridine rings is 1. The molecule has 1 N–H and O–H groups in total. The van der Waals surface area contributed by atoms with Gasteiger partial charge in [-0.1, -0.05) is 5.16 Å². The molecule has 1 atom stereocenters. The van der Waals surface area contributed by atoms with Crippen molar-refractivity contribution in [3.05, 3.63) is 41.8 Å². The van der Waals surface area contributed by atoms with Crippen molar-refractivity contribution in [1.29, 1.82) is 0 Å². The minimum Gasteiger partial charge on any atom is -0.346 e. The SMILES string of the molecule is c1cnc2[nH]cc(C3CCCN(Cc4nc(CC5CC5)no4)C3)c2c1. The van der Waals surface area contributed by atoms with Crippen LogP contribution < -0.4 is 0 Å². The fourth-order valence-electron chi connectivity index (χ4n) is 3.98. The molecular formula is C19H23N5O. The van der Waals surface area contributed by atoms with Crippen molar-refractivity contribution in [2.75, 3.05) is 13.1 Å². The first-order chi connectivity index (χ1) is 12.3. The van der Waals surface area contributed by atoms with Crippen LogP contribution in [0.2, 0.25) is 0 Å². The molecule has 1 aliphatic carbocycles. The molecule has 2 fully saturated rings. The molecule has 5 rings (SSSR count). The number of rotatable bonds is 5. The summed E-state index contributed by atoms with van der Waals surface area (Å²) >= 11 is 0. The van der Waals surface area contributed by atoms with Gasteiger partial charge in [0.1, 0.15) is 5.65 Å². The Morgan fingerprint density at radius 3 is 3.16 bits per heavy atom. The van der Waals surface area contributed by atoms with Crippen LogP contribution in [0.15, 0.2) is 29.0 Å². The van der Waals surface area contributed by atoms with Crippen molar-refractivity contribution in [3.8, 4) is 0 Å². The zero-order chi connectivity index (χ0) is 16.6. The molecule has 0 bridgehead atoms. The van der Waals surface area contributed by atoms with Gasteiger partial charge in [0.2, 0.25) is 5.89 Å². The van der Waals surface area contributed by atoms with Gasteiger partial charge in [-0.2, -0.15) is 4.98 Å². The van der Waals surface area contributed by atoms with Gasteiger partial charge in [0.15, 0.2) is 5.82 Å². The van der Waals surface area contributed by atoms with Crippen molar-refractivity contribution in [3.63, 3.8) is 0 Å². The number of aromatic amines is 1. The highest BCUT2D eigenvalue weighted by molar-refractivity contribution is 5.80. The maximum Gasteiger partial charge on any atom is 0.240 e. The van der Waals surface area contributed by atoms with Gasteiger partial charge in [-0.15, -0.1) is 0 Å². The Morgan fingerprint density at radius 1 is 1.28 bits per heavy atom. The molecule has 1 saturated carbocycles. The van der Waals surface area contributed by atoms with E-state index < -0.39 is 0 Å². The molecule has 2 aliphatic rings. The van der Waals surface area contributed by atoms with Crippen LogP contribution in [-0.4, -0.2) is 38.1 Å². The first-order valence-electron chi connectivity index (χ1n) is 9.31. The van der Waals surface area contributed by atoms with E-state index in [9.17, 15) is 0 Å². The van der Waals surface area contributed by atoms with E-state index in [4.69, 9.17) is 4.52 Å². The summed E-state index contributed by atoms with van der Waals surface area (Å²) in [6, 6.07) is 4.18. The van der Waals surface area contributed by atoms with E-state index >= 15 is 0 Å². The molecule has 6 nitrogen and oxygen atoms in total. The number of hydrogen-bond acceptors (Lipinski definition) is 5. The van der Waals surface area contributed by atoms with Gasteiger partial charge in [-0.3, -0.25) is 4.90 Å². The Hall–Kier alpha value is -2.21. The zero-order valence-corrected chi connectivity index (χ0v) is 14.3. The number of likely N-dealkylation sites (tertiary alicyclic amines) is 1. The van der Waals surface area contributed by atoms with Gasteiger partial charge in [0, 0.05) is 30.7 Å². The molecule has 0 amide bonds. The summed E-state index contributed by atoms with van der Waals surface area (Å²) in [4.78, 5) is 14.7. The van der Waals surface area contributed by atoms with E-state index in [1.54, 1.807) is 0 Å². The molecule has 3 aromatic heterocycles. The molecule has 0 radical (unpaired) electrons. The van der Waals surface area contributed by atoms with E-state index in [1.807, 2.05) is 12.3 Å². The highest BCUT2D eigenvalue weighted by Crippen LogP contribution is 2.33. The highest BCUT2D eigenvalue weighted by atomic mass is 16.5. The largest absolute Gasteiger partial charge is 0.346 e. The average Bonchev–Trinajstić information content (AvgIpc) is 3.17. The molecule has 4 heterocycles. The lowest BCUT2D eigenvalue weighted by atomic mass is 9.91. The molecular weight excluding hydrogens is 314 g/mol. The van der Waals surface area contributed by atoms with Crippen LogP contribution in [0.3, 0.4) is 0 Å². The third-order valence-corrected chi connectivity index (χ3v) is 5.47. The lowest BCUT2D eigenvalue weighted by Gasteiger charge is -2.31. The van der Waals surface area contributed by atoms with Crippen LogP contribution >= 0.6 is 0 Å². The van der Waals surface area contributed by atoms with Crippen molar-refractivity contribution >= 4 is 11.0 Å². The molecule has 3 aromatic rings. The molecule has 0 aromatic carbocycles. The number of hydrogen-bond donors (Lipinski definition) is 1. The number of fused-ring (bicyclic) bond motifs is 1. The standard InChI is InChI=1S/C19H23N5O/c1-4-15-16(10-21-19(15)20-7-1)14-3-2-8-24(11-14)12-18-22-17(23-25-18)9-13-5-6-13/h1,4,7,10,13-14H,2-3,5-6,8-9,11-12H2,(H,20,21).